The molecule has 0 radical (unpaired) electrons. The van der Waals surface area contributed by atoms with Gasteiger partial charge in [-0.3, -0.25) is 0 Å². The van der Waals surface area contributed by atoms with Gasteiger partial charge in [0.2, 0.25) is 0 Å². The van der Waals surface area contributed by atoms with Crippen molar-refractivity contribution < 1.29 is 4.74 Å². The van der Waals surface area contributed by atoms with Crippen LogP contribution in [0.3, 0.4) is 0 Å². The van der Waals surface area contributed by atoms with E-state index in [1.807, 2.05) is 25.4 Å². The zero-order valence-corrected chi connectivity index (χ0v) is 12.3. The van der Waals surface area contributed by atoms with Gasteiger partial charge in [0, 0.05) is 25.0 Å². The third-order valence-electron chi connectivity index (χ3n) is 2.88. The highest BCUT2D eigenvalue weighted by molar-refractivity contribution is 6.42. The summed E-state index contributed by atoms with van der Waals surface area (Å²) in [6.45, 7) is 3.65. The van der Waals surface area contributed by atoms with Crippen molar-refractivity contribution in [3.8, 4) is 5.75 Å². The fraction of sp³-hybridized carbons (Fsp3) is 0.357. The minimum absolute atomic E-state index is 0.521. The van der Waals surface area contributed by atoms with Gasteiger partial charge < -0.3 is 9.30 Å². The van der Waals surface area contributed by atoms with E-state index < -0.39 is 0 Å². The van der Waals surface area contributed by atoms with Crippen molar-refractivity contribution in [1.29, 1.82) is 0 Å². The molecule has 0 saturated carbocycles. The van der Waals surface area contributed by atoms with E-state index in [0.29, 0.717) is 16.7 Å². The fourth-order valence-electron chi connectivity index (χ4n) is 1.78. The van der Waals surface area contributed by atoms with Crippen molar-refractivity contribution in [3.05, 3.63) is 46.5 Å². The van der Waals surface area contributed by atoms with Gasteiger partial charge in [-0.15, -0.1) is 0 Å². The lowest BCUT2D eigenvalue weighted by Gasteiger charge is -2.08. The molecule has 0 aliphatic carbocycles. The summed E-state index contributed by atoms with van der Waals surface area (Å²) in [4.78, 5) is 4.19. The summed E-state index contributed by atoms with van der Waals surface area (Å²) >= 11 is 11.8. The SMILES string of the molecule is Cc1nccn1CCCCOc1ccc(Cl)c(Cl)c1. The minimum atomic E-state index is 0.521. The average Bonchev–Trinajstić information content (AvgIpc) is 2.79. The molecule has 3 nitrogen and oxygen atoms in total. The molecule has 0 aliphatic heterocycles. The van der Waals surface area contributed by atoms with E-state index in [1.54, 1.807) is 12.1 Å². The first-order chi connectivity index (χ1) is 9.16. The van der Waals surface area contributed by atoms with Crippen molar-refractivity contribution >= 4 is 23.2 Å². The van der Waals surface area contributed by atoms with Crippen LogP contribution in [0.5, 0.6) is 5.75 Å². The maximum absolute atomic E-state index is 5.92. The molecule has 19 heavy (non-hydrogen) atoms. The molecule has 5 heteroatoms. The average molecular weight is 299 g/mol. The van der Waals surface area contributed by atoms with E-state index in [-0.39, 0.29) is 0 Å². The van der Waals surface area contributed by atoms with Crippen molar-refractivity contribution in [1.82, 2.24) is 9.55 Å². The largest absolute Gasteiger partial charge is 0.494 e. The first kappa shape index (κ1) is 14.2. The van der Waals surface area contributed by atoms with Crippen LogP contribution in [0.2, 0.25) is 10.0 Å². The molecular weight excluding hydrogens is 283 g/mol. The third-order valence-corrected chi connectivity index (χ3v) is 3.62. The zero-order chi connectivity index (χ0) is 13.7. The number of rotatable bonds is 6. The van der Waals surface area contributed by atoms with E-state index in [0.717, 1.165) is 31.0 Å². The highest BCUT2D eigenvalue weighted by Gasteiger charge is 2.00. The Balaban J connectivity index is 1.69. The third kappa shape index (κ3) is 4.15. The summed E-state index contributed by atoms with van der Waals surface area (Å²) in [5.41, 5.74) is 0. The van der Waals surface area contributed by atoms with Crippen LogP contribution in [-0.2, 0) is 6.54 Å². The number of unbranched alkanes of at least 4 members (excludes halogenated alkanes) is 1. The maximum atomic E-state index is 5.92. The highest BCUT2D eigenvalue weighted by Crippen LogP contribution is 2.26. The second-order valence-electron chi connectivity index (χ2n) is 4.30. The molecule has 0 spiro atoms. The van der Waals surface area contributed by atoms with Crippen molar-refractivity contribution in [2.75, 3.05) is 6.61 Å². The minimum Gasteiger partial charge on any atom is -0.494 e. The Morgan fingerprint density at radius 3 is 2.74 bits per heavy atom. The maximum Gasteiger partial charge on any atom is 0.120 e. The van der Waals surface area contributed by atoms with Crippen molar-refractivity contribution in [3.63, 3.8) is 0 Å². The molecule has 2 rings (SSSR count). The van der Waals surface area contributed by atoms with Gasteiger partial charge in [0.05, 0.1) is 16.7 Å². The number of ether oxygens (including phenoxy) is 1. The first-order valence-electron chi connectivity index (χ1n) is 6.22. The van der Waals surface area contributed by atoms with Crippen molar-refractivity contribution in [2.45, 2.75) is 26.3 Å². The molecule has 0 atom stereocenters. The number of benzene rings is 1. The number of hydrogen-bond acceptors (Lipinski definition) is 2. The summed E-state index contributed by atoms with van der Waals surface area (Å²) in [5.74, 6) is 1.80. The predicted octanol–water partition coefficient (Wildman–Crippen LogP) is 4.36. The van der Waals surface area contributed by atoms with Crippen LogP contribution in [0, 0.1) is 6.92 Å². The Kier molecular flexibility index (Phi) is 5.11. The van der Waals surface area contributed by atoms with Crippen LogP contribution >= 0.6 is 23.2 Å². The monoisotopic (exact) mass is 298 g/mol. The van der Waals surface area contributed by atoms with E-state index >= 15 is 0 Å². The second-order valence-corrected chi connectivity index (χ2v) is 5.11. The zero-order valence-electron chi connectivity index (χ0n) is 10.8. The van der Waals surface area contributed by atoms with E-state index in [9.17, 15) is 0 Å². The van der Waals surface area contributed by atoms with Gasteiger partial charge in [-0.25, -0.2) is 4.98 Å². The molecule has 0 unspecified atom stereocenters. The number of imidazole rings is 1. The van der Waals surface area contributed by atoms with Gasteiger partial charge in [-0.1, -0.05) is 23.2 Å². The molecule has 0 aliphatic rings. The van der Waals surface area contributed by atoms with Crippen molar-refractivity contribution in [2.24, 2.45) is 0 Å². The highest BCUT2D eigenvalue weighted by atomic mass is 35.5. The Hall–Kier alpha value is -1.19. The molecule has 0 fully saturated rings. The van der Waals surface area contributed by atoms with Gasteiger partial charge in [0.15, 0.2) is 0 Å². The van der Waals surface area contributed by atoms with Gasteiger partial charge in [0.25, 0.3) is 0 Å². The summed E-state index contributed by atoms with van der Waals surface area (Å²) < 4.78 is 7.76. The molecule has 0 bridgehead atoms. The lowest BCUT2D eigenvalue weighted by molar-refractivity contribution is 0.303. The fourth-order valence-corrected chi connectivity index (χ4v) is 2.07. The summed E-state index contributed by atoms with van der Waals surface area (Å²) in [6, 6.07) is 5.31. The second kappa shape index (κ2) is 6.83. The summed E-state index contributed by atoms with van der Waals surface area (Å²) in [5, 5.41) is 1.07. The smallest absolute Gasteiger partial charge is 0.120 e. The van der Waals surface area contributed by atoms with Crippen LogP contribution in [0.4, 0.5) is 0 Å². The van der Waals surface area contributed by atoms with E-state index in [2.05, 4.69) is 9.55 Å². The van der Waals surface area contributed by atoms with Crippen LogP contribution in [0.1, 0.15) is 18.7 Å². The van der Waals surface area contributed by atoms with Crippen LogP contribution < -0.4 is 4.74 Å². The molecule has 102 valence electrons. The molecule has 0 N–H and O–H groups in total. The number of aryl methyl sites for hydroxylation is 2. The molecule has 0 amide bonds. The quantitative estimate of drug-likeness (QED) is 0.741. The molecular formula is C14H16Cl2N2O. The predicted molar refractivity (Wildman–Crippen MR) is 78.2 cm³/mol. The standard InChI is InChI=1S/C14H16Cl2N2O/c1-11-17-6-8-18(11)7-2-3-9-19-12-4-5-13(15)14(16)10-12/h4-6,8,10H,2-3,7,9H2,1H3. The topological polar surface area (TPSA) is 27.1 Å². The molecule has 1 aromatic carbocycles. The first-order valence-corrected chi connectivity index (χ1v) is 6.98. The number of halogens is 2. The number of aromatic nitrogens is 2. The molecule has 1 heterocycles. The van der Waals surface area contributed by atoms with Gasteiger partial charge >= 0.3 is 0 Å². The van der Waals surface area contributed by atoms with Crippen LogP contribution in [0.25, 0.3) is 0 Å². The van der Waals surface area contributed by atoms with Gasteiger partial charge in [-0.05, 0) is 31.9 Å². The van der Waals surface area contributed by atoms with Crippen LogP contribution in [-0.4, -0.2) is 16.2 Å². The molecule has 1 aromatic heterocycles. The lowest BCUT2D eigenvalue weighted by Crippen LogP contribution is -2.03. The van der Waals surface area contributed by atoms with E-state index in [1.165, 1.54) is 0 Å². The lowest BCUT2D eigenvalue weighted by atomic mass is 10.3. The molecule has 2 aromatic rings. The van der Waals surface area contributed by atoms with Crippen LogP contribution in [0.15, 0.2) is 30.6 Å². The summed E-state index contributed by atoms with van der Waals surface area (Å²) in [6.07, 6.45) is 5.85. The summed E-state index contributed by atoms with van der Waals surface area (Å²) in [7, 11) is 0. The molecule has 0 saturated heterocycles. The number of hydrogen-bond donors (Lipinski definition) is 0. The Morgan fingerprint density at radius 2 is 2.05 bits per heavy atom. The Labute approximate surface area is 123 Å². The number of nitrogens with zero attached hydrogens (tertiary/aromatic N) is 2. The Bertz CT molecular complexity index is 540. The normalized spacial score (nSPS) is 10.7. The van der Waals surface area contributed by atoms with Gasteiger partial charge in [-0.2, -0.15) is 0 Å². The Morgan fingerprint density at radius 1 is 1.21 bits per heavy atom. The van der Waals surface area contributed by atoms with E-state index in [4.69, 9.17) is 27.9 Å². The van der Waals surface area contributed by atoms with Gasteiger partial charge in [0.1, 0.15) is 11.6 Å².